The summed E-state index contributed by atoms with van der Waals surface area (Å²) in [6.07, 6.45) is 5.46. The minimum Gasteiger partial charge on any atom is -0.509 e. The second-order valence-electron chi connectivity index (χ2n) is 4.33. The molecule has 2 aromatic rings. The van der Waals surface area contributed by atoms with E-state index in [4.69, 9.17) is 11.6 Å². The number of aliphatic hydroxyl groups excluding tert-OH is 1. The molecule has 1 aliphatic heterocycles. The molecule has 0 bridgehead atoms. The molecule has 0 aliphatic carbocycles. The van der Waals surface area contributed by atoms with E-state index in [2.05, 4.69) is 0 Å². The van der Waals surface area contributed by atoms with E-state index in [1.807, 2.05) is 42.5 Å². The normalized spacial score (nSPS) is 14.7. The number of alkyl halides is 1. The highest BCUT2D eigenvalue weighted by molar-refractivity contribution is 6.21. The lowest BCUT2D eigenvalue weighted by atomic mass is 10.3. The third-order valence-corrected chi connectivity index (χ3v) is 3.38. The van der Waals surface area contributed by atoms with E-state index in [-0.39, 0.29) is 22.5 Å². The molecule has 0 amide bonds. The fraction of sp³-hybridized carbons (Fsp3) is 0.0667. The average molecular weight is 288 g/mol. The Morgan fingerprint density at radius 3 is 2.65 bits per heavy atom. The number of benzene rings is 1. The first-order valence-corrected chi connectivity index (χ1v) is 6.66. The van der Waals surface area contributed by atoms with Crippen LogP contribution in [0.2, 0.25) is 0 Å². The van der Waals surface area contributed by atoms with Crippen molar-refractivity contribution < 1.29 is 5.11 Å². The third kappa shape index (κ3) is 1.89. The summed E-state index contributed by atoms with van der Waals surface area (Å²) in [6.45, 7) is 1.73. The third-order valence-electron chi connectivity index (χ3n) is 3.13. The molecule has 1 aromatic heterocycles. The second-order valence-corrected chi connectivity index (χ2v) is 4.60. The van der Waals surface area contributed by atoms with E-state index in [1.54, 1.807) is 21.8 Å². The maximum atomic E-state index is 12.6. The van der Waals surface area contributed by atoms with Crippen LogP contribution in [-0.2, 0) is 0 Å². The molecule has 4 nitrogen and oxygen atoms in total. The van der Waals surface area contributed by atoms with Crippen LogP contribution in [0, 0.1) is 6.54 Å². The minimum absolute atomic E-state index is 0.106. The largest absolute Gasteiger partial charge is 0.509 e. The average Bonchev–Trinajstić information content (AvgIpc) is 2.79. The predicted molar refractivity (Wildman–Crippen MR) is 79.3 cm³/mol. The quantitative estimate of drug-likeness (QED) is 0.835. The summed E-state index contributed by atoms with van der Waals surface area (Å²) in [6, 6.07) is 9.29. The molecule has 3 rings (SSSR count). The monoisotopic (exact) mass is 287 g/mol. The van der Waals surface area contributed by atoms with Crippen LogP contribution in [-0.4, -0.2) is 20.1 Å². The zero-order chi connectivity index (χ0) is 14.1. The number of halogens is 1. The first-order valence-electron chi connectivity index (χ1n) is 6.12. The molecule has 0 unspecified atom stereocenters. The van der Waals surface area contributed by atoms with Crippen molar-refractivity contribution in [2.24, 2.45) is 0 Å². The van der Waals surface area contributed by atoms with Crippen molar-refractivity contribution in [3.05, 3.63) is 70.2 Å². The number of allylic oxidation sites excluding steroid dienone is 2. The number of imidazole rings is 1. The highest BCUT2D eigenvalue weighted by atomic mass is 35.5. The standard InChI is InChI=1S/C15H12ClN2O2/c16-10-12(19)14-15(20)18(11-6-2-1-3-7-11)13-8-4-5-9-17(13)14/h1-9,19H,10H2. The summed E-state index contributed by atoms with van der Waals surface area (Å²) < 4.78 is 3.20. The number of para-hydroxylation sites is 1. The van der Waals surface area contributed by atoms with Crippen LogP contribution < -0.4 is 16.4 Å². The van der Waals surface area contributed by atoms with Gasteiger partial charge in [-0.25, -0.2) is 0 Å². The Morgan fingerprint density at radius 2 is 1.95 bits per heavy atom. The first-order chi connectivity index (χ1) is 9.74. The molecule has 2 heterocycles. The van der Waals surface area contributed by atoms with Gasteiger partial charge in [0.25, 0.3) is 5.56 Å². The Bertz CT molecular complexity index is 844. The minimum atomic E-state index is -0.291. The van der Waals surface area contributed by atoms with Crippen LogP contribution in [0.25, 0.3) is 17.5 Å². The molecule has 0 atom stereocenters. The Labute approximate surface area is 120 Å². The van der Waals surface area contributed by atoms with Crippen molar-refractivity contribution in [2.75, 3.05) is 5.88 Å². The summed E-state index contributed by atoms with van der Waals surface area (Å²) in [5.41, 5.74) is 1.13. The maximum absolute atomic E-state index is 12.6. The molecule has 20 heavy (non-hydrogen) atoms. The molecule has 1 N–H and O–H groups in total. The summed E-state index contributed by atoms with van der Waals surface area (Å²) in [5.74, 6) is -0.238. The van der Waals surface area contributed by atoms with Gasteiger partial charge in [-0.2, -0.15) is 0 Å². The van der Waals surface area contributed by atoms with Gasteiger partial charge in [0.1, 0.15) is 16.6 Å². The number of hydrogen-bond donors (Lipinski definition) is 1. The summed E-state index contributed by atoms with van der Waals surface area (Å²) in [7, 11) is 0. The molecule has 0 spiro atoms. The number of rotatable bonds is 2. The van der Waals surface area contributed by atoms with Gasteiger partial charge in [0.05, 0.1) is 18.1 Å². The van der Waals surface area contributed by atoms with Gasteiger partial charge >= 0.3 is 0 Å². The smallest absolute Gasteiger partial charge is 0.284 e. The van der Waals surface area contributed by atoms with Gasteiger partial charge in [0.2, 0.25) is 0 Å². The number of nitrogens with zero attached hydrogens (tertiary/aromatic N) is 2. The molecule has 1 aliphatic rings. The molecule has 1 aromatic carbocycles. The molecular weight excluding hydrogens is 276 g/mol. The van der Waals surface area contributed by atoms with E-state index in [9.17, 15) is 9.90 Å². The Morgan fingerprint density at radius 1 is 1.20 bits per heavy atom. The lowest BCUT2D eigenvalue weighted by Crippen LogP contribution is -2.34. The highest BCUT2D eigenvalue weighted by Gasteiger charge is 2.15. The van der Waals surface area contributed by atoms with E-state index < -0.39 is 0 Å². The van der Waals surface area contributed by atoms with Gasteiger partial charge in [0.15, 0.2) is 0 Å². The fourth-order valence-corrected chi connectivity index (χ4v) is 2.40. The summed E-state index contributed by atoms with van der Waals surface area (Å²) in [5, 5.41) is 10.1. The zero-order valence-electron chi connectivity index (χ0n) is 10.5. The number of aromatic nitrogens is 2. The zero-order valence-corrected chi connectivity index (χ0v) is 11.3. The van der Waals surface area contributed by atoms with Crippen LogP contribution in [0.1, 0.15) is 0 Å². The van der Waals surface area contributed by atoms with Crippen LogP contribution >= 0.6 is 11.6 Å². The molecule has 0 saturated heterocycles. The summed E-state index contributed by atoms with van der Waals surface area (Å²) >= 11 is 5.67. The Kier molecular flexibility index (Phi) is 3.24. The molecular formula is C15H12ClN2O2. The summed E-state index contributed by atoms with van der Waals surface area (Å²) in [4.78, 5) is 12.6. The molecule has 5 heteroatoms. The highest BCUT2D eigenvalue weighted by Crippen LogP contribution is 2.02. The van der Waals surface area contributed by atoms with E-state index in [0.717, 1.165) is 5.69 Å². The van der Waals surface area contributed by atoms with Crippen LogP contribution in [0.5, 0.6) is 0 Å². The van der Waals surface area contributed by atoms with Gasteiger partial charge in [-0.1, -0.05) is 30.4 Å². The first kappa shape index (κ1) is 12.8. The van der Waals surface area contributed by atoms with Gasteiger partial charge in [-0.05, 0) is 18.2 Å². The lowest BCUT2D eigenvalue weighted by molar-refractivity contribution is 0.495. The van der Waals surface area contributed by atoms with E-state index >= 15 is 0 Å². The lowest BCUT2D eigenvalue weighted by Gasteiger charge is -2.06. The van der Waals surface area contributed by atoms with Crippen molar-refractivity contribution in [1.29, 1.82) is 0 Å². The van der Waals surface area contributed by atoms with E-state index in [1.165, 1.54) is 0 Å². The molecule has 0 fully saturated rings. The van der Waals surface area contributed by atoms with Gasteiger partial charge in [-0.3, -0.25) is 9.36 Å². The maximum Gasteiger partial charge on any atom is 0.284 e. The van der Waals surface area contributed by atoms with Gasteiger partial charge in [0, 0.05) is 0 Å². The van der Waals surface area contributed by atoms with Crippen molar-refractivity contribution in [3.8, 4) is 5.69 Å². The molecule has 101 valence electrons. The van der Waals surface area contributed by atoms with Crippen molar-refractivity contribution in [3.63, 3.8) is 0 Å². The topological polar surface area (TPSA) is 47.2 Å². The van der Waals surface area contributed by atoms with E-state index in [0.29, 0.717) is 5.48 Å². The Hall–Kier alpha value is -2.20. The molecule has 1 radical (unpaired) electrons. The van der Waals surface area contributed by atoms with Crippen molar-refractivity contribution >= 4 is 23.4 Å². The number of hydrogen-bond acceptors (Lipinski definition) is 2. The van der Waals surface area contributed by atoms with Crippen LogP contribution in [0.4, 0.5) is 0 Å². The number of aliphatic hydroxyl groups is 1. The van der Waals surface area contributed by atoms with Crippen molar-refractivity contribution in [1.82, 2.24) is 9.13 Å². The number of fused-ring (bicyclic) bond motifs is 1. The second kappa shape index (κ2) is 5.06. The van der Waals surface area contributed by atoms with Crippen LogP contribution in [0.3, 0.4) is 0 Å². The van der Waals surface area contributed by atoms with Gasteiger partial charge in [-0.15, -0.1) is 11.6 Å². The van der Waals surface area contributed by atoms with Gasteiger partial charge < -0.3 is 9.67 Å². The predicted octanol–water partition coefficient (Wildman–Crippen LogP) is 0.904. The Balaban J connectivity index is 2.48. The fourth-order valence-electron chi connectivity index (χ4n) is 2.27. The molecule has 0 saturated carbocycles. The van der Waals surface area contributed by atoms with Crippen molar-refractivity contribution in [2.45, 2.75) is 0 Å². The van der Waals surface area contributed by atoms with Crippen LogP contribution in [0.15, 0.2) is 47.3 Å². The SMILES string of the molecule is O=c1c(=C(O)CCl)n2c(n1-c1ccccc1)=CC=C[CH]2.